The molecule has 0 saturated carbocycles. The minimum absolute atomic E-state index is 0.382. The van der Waals surface area contributed by atoms with Gasteiger partial charge in [0.1, 0.15) is 31.0 Å². The Morgan fingerprint density at radius 2 is 1.79 bits per heavy atom. The fourth-order valence-corrected chi connectivity index (χ4v) is 1.74. The third kappa shape index (κ3) is 4.00. The first-order chi connectivity index (χ1) is 9.29. The lowest BCUT2D eigenvalue weighted by molar-refractivity contribution is 0.112. The molecule has 0 amide bonds. The molecular weight excluding hydrogens is 264 g/mol. The number of hydrogen-bond donors (Lipinski definition) is 0. The van der Waals surface area contributed by atoms with E-state index in [0.29, 0.717) is 35.3 Å². The molecule has 98 valence electrons. The van der Waals surface area contributed by atoms with Crippen molar-refractivity contribution in [1.29, 1.82) is 0 Å². The monoisotopic (exact) mass is 276 g/mol. The van der Waals surface area contributed by atoms with Crippen LogP contribution in [-0.2, 0) is 0 Å². The Bertz CT molecular complexity index is 555. The second kappa shape index (κ2) is 6.81. The van der Waals surface area contributed by atoms with Crippen LogP contribution in [0.1, 0.15) is 10.4 Å². The minimum atomic E-state index is 0.382. The second-order valence-corrected chi connectivity index (χ2v) is 4.22. The van der Waals surface area contributed by atoms with Crippen molar-refractivity contribution in [1.82, 2.24) is 0 Å². The smallest absolute Gasteiger partial charge is 0.150 e. The van der Waals surface area contributed by atoms with E-state index in [-0.39, 0.29) is 0 Å². The van der Waals surface area contributed by atoms with Crippen molar-refractivity contribution in [2.24, 2.45) is 0 Å². The van der Waals surface area contributed by atoms with Gasteiger partial charge in [0, 0.05) is 5.56 Å². The van der Waals surface area contributed by atoms with E-state index in [9.17, 15) is 4.79 Å². The molecular formula is C15H13ClO3. The van der Waals surface area contributed by atoms with Crippen LogP contribution in [0.25, 0.3) is 0 Å². The van der Waals surface area contributed by atoms with Gasteiger partial charge in [0.15, 0.2) is 0 Å². The summed E-state index contributed by atoms with van der Waals surface area (Å²) in [4.78, 5) is 10.6. The van der Waals surface area contributed by atoms with Crippen LogP contribution in [-0.4, -0.2) is 19.5 Å². The molecule has 0 N–H and O–H groups in total. The number of ether oxygens (including phenoxy) is 2. The normalized spacial score (nSPS) is 9.95. The van der Waals surface area contributed by atoms with Crippen LogP contribution in [0.15, 0.2) is 48.5 Å². The number of para-hydroxylation sites is 1. The maximum Gasteiger partial charge on any atom is 0.150 e. The summed E-state index contributed by atoms with van der Waals surface area (Å²) >= 11 is 5.96. The summed E-state index contributed by atoms with van der Waals surface area (Å²) in [5.41, 5.74) is 0.588. The van der Waals surface area contributed by atoms with Crippen LogP contribution in [0.5, 0.6) is 11.5 Å². The van der Waals surface area contributed by atoms with Crippen molar-refractivity contribution in [2.75, 3.05) is 13.2 Å². The molecule has 0 heterocycles. The predicted molar refractivity (Wildman–Crippen MR) is 74.3 cm³/mol. The van der Waals surface area contributed by atoms with E-state index < -0.39 is 0 Å². The molecule has 0 aliphatic rings. The summed E-state index contributed by atoms with van der Waals surface area (Å²) in [5, 5.41) is 0.574. The molecule has 19 heavy (non-hydrogen) atoms. The number of benzene rings is 2. The molecule has 0 fully saturated rings. The van der Waals surface area contributed by atoms with Gasteiger partial charge >= 0.3 is 0 Å². The Labute approximate surface area is 116 Å². The lowest BCUT2D eigenvalue weighted by Gasteiger charge is -2.09. The average Bonchev–Trinajstić information content (AvgIpc) is 2.45. The van der Waals surface area contributed by atoms with Crippen molar-refractivity contribution in [3.63, 3.8) is 0 Å². The first-order valence-electron chi connectivity index (χ1n) is 5.85. The summed E-state index contributed by atoms with van der Waals surface area (Å²) in [7, 11) is 0. The third-order valence-electron chi connectivity index (χ3n) is 2.44. The van der Waals surface area contributed by atoms with Gasteiger partial charge in [-0.15, -0.1) is 0 Å². The number of carbonyl (C=O) groups excluding carboxylic acids is 1. The van der Waals surface area contributed by atoms with Crippen LogP contribution in [0.2, 0.25) is 5.02 Å². The van der Waals surface area contributed by atoms with Gasteiger partial charge in [0.25, 0.3) is 0 Å². The number of halogens is 1. The Balaban J connectivity index is 1.81. The summed E-state index contributed by atoms with van der Waals surface area (Å²) < 4.78 is 11.0. The molecule has 0 atom stereocenters. The number of carbonyl (C=O) groups is 1. The Morgan fingerprint density at radius 3 is 2.58 bits per heavy atom. The zero-order valence-corrected chi connectivity index (χ0v) is 11.0. The standard InChI is InChI=1S/C15H13ClO3/c16-14-6-1-2-7-15(14)19-9-8-18-13-5-3-4-12(10-13)11-17/h1-7,10-11H,8-9H2. The quantitative estimate of drug-likeness (QED) is 0.597. The molecule has 0 spiro atoms. The largest absolute Gasteiger partial charge is 0.490 e. The van der Waals surface area contributed by atoms with Gasteiger partial charge in [0.2, 0.25) is 0 Å². The molecule has 0 unspecified atom stereocenters. The van der Waals surface area contributed by atoms with E-state index in [1.165, 1.54) is 0 Å². The molecule has 0 aromatic heterocycles. The topological polar surface area (TPSA) is 35.5 Å². The molecule has 0 saturated heterocycles. The van der Waals surface area contributed by atoms with Crippen molar-refractivity contribution in [3.05, 3.63) is 59.1 Å². The van der Waals surface area contributed by atoms with Gasteiger partial charge in [-0.3, -0.25) is 4.79 Å². The van der Waals surface area contributed by atoms with Gasteiger partial charge in [0.05, 0.1) is 5.02 Å². The maximum atomic E-state index is 10.6. The van der Waals surface area contributed by atoms with Crippen molar-refractivity contribution >= 4 is 17.9 Å². The zero-order valence-electron chi connectivity index (χ0n) is 10.2. The lowest BCUT2D eigenvalue weighted by atomic mass is 10.2. The van der Waals surface area contributed by atoms with E-state index in [4.69, 9.17) is 21.1 Å². The van der Waals surface area contributed by atoms with Crippen molar-refractivity contribution in [2.45, 2.75) is 0 Å². The molecule has 0 radical (unpaired) electrons. The maximum absolute atomic E-state index is 10.6. The van der Waals surface area contributed by atoms with Crippen molar-refractivity contribution in [3.8, 4) is 11.5 Å². The Morgan fingerprint density at radius 1 is 1.00 bits per heavy atom. The first kappa shape index (κ1) is 13.4. The summed E-state index contributed by atoms with van der Waals surface area (Å²) in [5.74, 6) is 1.28. The molecule has 0 aliphatic heterocycles. The van der Waals surface area contributed by atoms with Gasteiger partial charge in [-0.2, -0.15) is 0 Å². The van der Waals surface area contributed by atoms with Crippen LogP contribution >= 0.6 is 11.6 Å². The lowest BCUT2D eigenvalue weighted by Crippen LogP contribution is -2.09. The average molecular weight is 277 g/mol. The van der Waals surface area contributed by atoms with Crippen LogP contribution in [0, 0.1) is 0 Å². The highest BCUT2D eigenvalue weighted by Gasteiger charge is 2.00. The highest BCUT2D eigenvalue weighted by molar-refractivity contribution is 6.32. The minimum Gasteiger partial charge on any atom is -0.490 e. The summed E-state index contributed by atoms with van der Waals surface area (Å²) in [6.07, 6.45) is 0.785. The van der Waals surface area contributed by atoms with Gasteiger partial charge in [-0.1, -0.05) is 35.9 Å². The fourth-order valence-electron chi connectivity index (χ4n) is 1.55. The molecule has 3 nitrogen and oxygen atoms in total. The van der Waals surface area contributed by atoms with Crippen LogP contribution in [0.4, 0.5) is 0 Å². The zero-order chi connectivity index (χ0) is 13.5. The molecule has 0 bridgehead atoms. The third-order valence-corrected chi connectivity index (χ3v) is 2.75. The SMILES string of the molecule is O=Cc1cccc(OCCOc2ccccc2Cl)c1. The predicted octanol–water partition coefficient (Wildman–Crippen LogP) is 3.61. The molecule has 4 heteroatoms. The summed E-state index contributed by atoms with van der Waals surface area (Å²) in [6, 6.07) is 14.2. The van der Waals surface area contributed by atoms with Gasteiger partial charge < -0.3 is 9.47 Å². The highest BCUT2D eigenvalue weighted by Crippen LogP contribution is 2.22. The number of rotatable bonds is 6. The molecule has 2 aromatic carbocycles. The van der Waals surface area contributed by atoms with Gasteiger partial charge in [-0.25, -0.2) is 0 Å². The number of aldehydes is 1. The van der Waals surface area contributed by atoms with Gasteiger partial charge in [-0.05, 0) is 24.3 Å². The molecule has 0 aliphatic carbocycles. The Kier molecular flexibility index (Phi) is 4.81. The van der Waals surface area contributed by atoms with E-state index in [1.54, 1.807) is 36.4 Å². The fraction of sp³-hybridized carbons (Fsp3) is 0.133. The molecule has 2 rings (SSSR count). The van der Waals surface area contributed by atoms with E-state index in [2.05, 4.69) is 0 Å². The Hall–Kier alpha value is -2.00. The second-order valence-electron chi connectivity index (χ2n) is 3.82. The van der Waals surface area contributed by atoms with Crippen LogP contribution in [0.3, 0.4) is 0 Å². The first-order valence-corrected chi connectivity index (χ1v) is 6.23. The summed E-state index contributed by atoms with van der Waals surface area (Å²) in [6.45, 7) is 0.766. The highest BCUT2D eigenvalue weighted by atomic mass is 35.5. The van der Waals surface area contributed by atoms with Crippen LogP contribution < -0.4 is 9.47 Å². The van der Waals surface area contributed by atoms with Crippen molar-refractivity contribution < 1.29 is 14.3 Å². The molecule has 2 aromatic rings. The van der Waals surface area contributed by atoms with E-state index in [1.807, 2.05) is 12.1 Å². The van der Waals surface area contributed by atoms with E-state index >= 15 is 0 Å². The van der Waals surface area contributed by atoms with E-state index in [0.717, 1.165) is 6.29 Å². The number of hydrogen-bond acceptors (Lipinski definition) is 3.